The zero-order chi connectivity index (χ0) is 16.7. The summed E-state index contributed by atoms with van der Waals surface area (Å²) in [6.07, 6.45) is 1.72. The van der Waals surface area contributed by atoms with E-state index in [0.717, 1.165) is 17.1 Å². The van der Waals surface area contributed by atoms with Crippen molar-refractivity contribution in [2.75, 3.05) is 25.7 Å². The summed E-state index contributed by atoms with van der Waals surface area (Å²) in [7, 11) is 3.55. The van der Waals surface area contributed by atoms with Gasteiger partial charge < -0.3 is 14.4 Å². The molecule has 2 aromatic rings. The minimum atomic E-state index is -0.321. The highest BCUT2D eigenvalue weighted by molar-refractivity contribution is 5.90. The number of hydrogen-bond acceptors (Lipinski definition) is 4. The van der Waals surface area contributed by atoms with E-state index < -0.39 is 0 Å². The molecular formula is C18H20N2O3. The minimum Gasteiger partial charge on any atom is -0.497 e. The van der Waals surface area contributed by atoms with Gasteiger partial charge >= 0.3 is 5.97 Å². The summed E-state index contributed by atoms with van der Waals surface area (Å²) in [4.78, 5) is 17.9. The molecule has 0 aliphatic carbocycles. The van der Waals surface area contributed by atoms with Crippen LogP contribution in [0, 0.1) is 0 Å². The van der Waals surface area contributed by atoms with E-state index in [1.165, 1.54) is 0 Å². The predicted octanol–water partition coefficient (Wildman–Crippen LogP) is 3.67. The zero-order valence-electron chi connectivity index (χ0n) is 13.5. The highest BCUT2D eigenvalue weighted by Gasteiger charge is 2.05. The number of rotatable bonds is 6. The molecule has 120 valence electrons. The normalized spacial score (nSPS) is 10.6. The second kappa shape index (κ2) is 7.98. The third kappa shape index (κ3) is 4.57. The van der Waals surface area contributed by atoms with Gasteiger partial charge in [0.05, 0.1) is 31.3 Å². The number of benzene rings is 2. The summed E-state index contributed by atoms with van der Waals surface area (Å²) in [6, 6.07) is 14.7. The molecule has 23 heavy (non-hydrogen) atoms. The Morgan fingerprint density at radius 2 is 1.78 bits per heavy atom. The molecule has 0 radical (unpaired) electrons. The van der Waals surface area contributed by atoms with Crippen LogP contribution in [0.3, 0.4) is 0 Å². The molecule has 0 saturated heterocycles. The number of methoxy groups -OCH3 is 1. The average molecular weight is 312 g/mol. The summed E-state index contributed by atoms with van der Waals surface area (Å²) in [6.45, 7) is 2.15. The van der Waals surface area contributed by atoms with Crippen LogP contribution in [0.25, 0.3) is 0 Å². The van der Waals surface area contributed by atoms with Gasteiger partial charge in [0.15, 0.2) is 0 Å². The molecule has 5 heteroatoms. The summed E-state index contributed by atoms with van der Waals surface area (Å²) < 4.78 is 10.1. The Hall–Kier alpha value is -2.82. The quantitative estimate of drug-likeness (QED) is 0.464. The second-order valence-corrected chi connectivity index (χ2v) is 4.82. The van der Waals surface area contributed by atoms with Crippen molar-refractivity contribution in [3.05, 3.63) is 54.1 Å². The van der Waals surface area contributed by atoms with Gasteiger partial charge in [-0.2, -0.15) is 0 Å². The van der Waals surface area contributed by atoms with Crippen LogP contribution in [0.1, 0.15) is 17.3 Å². The molecule has 0 atom stereocenters. The second-order valence-electron chi connectivity index (χ2n) is 4.82. The van der Waals surface area contributed by atoms with Crippen LogP contribution in [0.2, 0.25) is 0 Å². The molecular weight excluding hydrogens is 292 g/mol. The van der Waals surface area contributed by atoms with Gasteiger partial charge in [-0.15, -0.1) is 0 Å². The average Bonchev–Trinajstić information content (AvgIpc) is 2.60. The predicted molar refractivity (Wildman–Crippen MR) is 91.9 cm³/mol. The number of esters is 1. The van der Waals surface area contributed by atoms with E-state index in [-0.39, 0.29) is 5.97 Å². The molecule has 0 aliphatic heterocycles. The Kier molecular flexibility index (Phi) is 5.74. The molecule has 0 bridgehead atoms. The Balaban J connectivity index is 2.02. The SMILES string of the molecule is CCOC(=O)c1ccc(/N=C\N(C)c2ccc(OC)cc2)cc1. The van der Waals surface area contributed by atoms with E-state index in [2.05, 4.69) is 4.99 Å². The lowest BCUT2D eigenvalue weighted by Crippen LogP contribution is -2.13. The van der Waals surface area contributed by atoms with Crippen LogP contribution in [0.15, 0.2) is 53.5 Å². The number of hydrogen-bond donors (Lipinski definition) is 0. The fourth-order valence-corrected chi connectivity index (χ4v) is 1.94. The van der Waals surface area contributed by atoms with Crippen molar-refractivity contribution < 1.29 is 14.3 Å². The van der Waals surface area contributed by atoms with Crippen LogP contribution in [0.4, 0.5) is 11.4 Å². The molecule has 5 nitrogen and oxygen atoms in total. The van der Waals surface area contributed by atoms with Crippen molar-refractivity contribution >= 4 is 23.7 Å². The first kappa shape index (κ1) is 16.5. The van der Waals surface area contributed by atoms with Crippen molar-refractivity contribution in [1.82, 2.24) is 0 Å². The fourth-order valence-electron chi connectivity index (χ4n) is 1.94. The van der Waals surface area contributed by atoms with Crippen molar-refractivity contribution in [1.29, 1.82) is 0 Å². The van der Waals surface area contributed by atoms with Crippen molar-refractivity contribution in [3.8, 4) is 5.75 Å². The highest BCUT2D eigenvalue weighted by atomic mass is 16.5. The number of aliphatic imine (C=N–C) groups is 1. The van der Waals surface area contributed by atoms with Crippen LogP contribution >= 0.6 is 0 Å². The van der Waals surface area contributed by atoms with E-state index in [0.29, 0.717) is 12.2 Å². The van der Waals surface area contributed by atoms with E-state index in [1.54, 1.807) is 44.6 Å². The van der Waals surface area contributed by atoms with Gasteiger partial charge in [0, 0.05) is 12.7 Å². The number of carbonyl (C=O) groups is 1. The Morgan fingerprint density at radius 3 is 2.35 bits per heavy atom. The van der Waals surface area contributed by atoms with Gasteiger partial charge in [-0.05, 0) is 55.5 Å². The zero-order valence-corrected chi connectivity index (χ0v) is 13.5. The Bertz CT molecular complexity index is 664. The molecule has 2 rings (SSSR count). The lowest BCUT2D eigenvalue weighted by atomic mass is 10.2. The molecule has 0 aliphatic rings. The fraction of sp³-hybridized carbons (Fsp3) is 0.222. The highest BCUT2D eigenvalue weighted by Crippen LogP contribution is 2.18. The first-order valence-electron chi connectivity index (χ1n) is 7.32. The number of nitrogens with zero attached hydrogens (tertiary/aromatic N) is 2. The van der Waals surface area contributed by atoms with Crippen molar-refractivity contribution in [2.45, 2.75) is 6.92 Å². The monoisotopic (exact) mass is 312 g/mol. The van der Waals surface area contributed by atoms with Gasteiger partial charge in [0.1, 0.15) is 5.75 Å². The van der Waals surface area contributed by atoms with E-state index in [9.17, 15) is 4.79 Å². The van der Waals surface area contributed by atoms with Crippen molar-refractivity contribution in [2.24, 2.45) is 4.99 Å². The van der Waals surface area contributed by atoms with E-state index >= 15 is 0 Å². The molecule has 0 unspecified atom stereocenters. The first-order valence-corrected chi connectivity index (χ1v) is 7.32. The van der Waals surface area contributed by atoms with Gasteiger partial charge in [0.25, 0.3) is 0 Å². The third-order valence-electron chi connectivity index (χ3n) is 3.24. The van der Waals surface area contributed by atoms with Crippen molar-refractivity contribution in [3.63, 3.8) is 0 Å². The molecule has 2 aromatic carbocycles. The number of carbonyl (C=O) groups excluding carboxylic acids is 1. The molecule has 0 spiro atoms. The molecule has 0 heterocycles. The van der Waals surface area contributed by atoms with Crippen LogP contribution in [0.5, 0.6) is 5.75 Å². The summed E-state index contributed by atoms with van der Waals surface area (Å²) >= 11 is 0. The lowest BCUT2D eigenvalue weighted by molar-refractivity contribution is 0.0526. The summed E-state index contributed by atoms with van der Waals surface area (Å²) in [5, 5.41) is 0. The molecule has 0 aromatic heterocycles. The van der Waals surface area contributed by atoms with Crippen LogP contribution < -0.4 is 9.64 Å². The van der Waals surface area contributed by atoms with Gasteiger partial charge in [0.2, 0.25) is 0 Å². The molecule has 0 fully saturated rings. The molecule has 0 amide bonds. The van der Waals surface area contributed by atoms with E-state index in [1.807, 2.05) is 36.2 Å². The Morgan fingerprint density at radius 1 is 1.13 bits per heavy atom. The Labute approximate surface area is 136 Å². The lowest BCUT2D eigenvalue weighted by Gasteiger charge is -2.13. The first-order chi connectivity index (χ1) is 11.1. The summed E-state index contributed by atoms with van der Waals surface area (Å²) in [5.41, 5.74) is 2.28. The maximum atomic E-state index is 11.6. The number of ether oxygens (including phenoxy) is 2. The topological polar surface area (TPSA) is 51.1 Å². The summed E-state index contributed by atoms with van der Waals surface area (Å²) in [5.74, 6) is 0.493. The van der Waals surface area contributed by atoms with E-state index in [4.69, 9.17) is 9.47 Å². The van der Waals surface area contributed by atoms with Crippen LogP contribution in [-0.2, 0) is 4.74 Å². The minimum absolute atomic E-state index is 0.321. The standard InChI is InChI=1S/C18H20N2O3/c1-4-23-18(21)14-5-7-15(8-6-14)19-13-20(2)16-9-11-17(22-3)12-10-16/h5-13H,4H2,1-3H3/b19-13-. The third-order valence-corrected chi connectivity index (χ3v) is 3.24. The molecule has 0 saturated carbocycles. The van der Waals surface area contributed by atoms with Gasteiger partial charge in [-0.3, -0.25) is 0 Å². The largest absolute Gasteiger partial charge is 0.497 e. The van der Waals surface area contributed by atoms with Gasteiger partial charge in [-0.1, -0.05) is 0 Å². The number of anilines is 1. The van der Waals surface area contributed by atoms with Gasteiger partial charge in [-0.25, -0.2) is 9.79 Å². The van der Waals surface area contributed by atoms with Crippen LogP contribution in [-0.4, -0.2) is 33.1 Å². The maximum Gasteiger partial charge on any atom is 0.338 e. The maximum absolute atomic E-state index is 11.6. The smallest absolute Gasteiger partial charge is 0.338 e. The molecule has 0 N–H and O–H groups in total.